The minimum Gasteiger partial charge on any atom is -0.497 e. The maximum absolute atomic E-state index is 13.1. The number of rotatable bonds is 9. The lowest BCUT2D eigenvalue weighted by Gasteiger charge is -2.36. The Labute approximate surface area is 216 Å². The molecule has 36 heavy (non-hydrogen) atoms. The highest BCUT2D eigenvalue weighted by atomic mass is 32.2. The maximum atomic E-state index is 13.1. The first kappa shape index (κ1) is 25.7. The summed E-state index contributed by atoms with van der Waals surface area (Å²) in [6, 6.07) is 21.2. The van der Waals surface area contributed by atoms with Crippen LogP contribution in [-0.2, 0) is 11.3 Å². The summed E-state index contributed by atoms with van der Waals surface area (Å²) in [6.45, 7) is 3.98. The third kappa shape index (κ3) is 6.43. The van der Waals surface area contributed by atoms with Crippen molar-refractivity contribution in [3.05, 3.63) is 89.1 Å². The highest BCUT2D eigenvalue weighted by Crippen LogP contribution is 2.26. The van der Waals surface area contributed by atoms with Crippen LogP contribution in [0.15, 0.2) is 71.9 Å². The van der Waals surface area contributed by atoms with Gasteiger partial charge in [0.1, 0.15) is 10.8 Å². The first-order chi connectivity index (χ1) is 17.6. The molecule has 1 saturated heterocycles. The largest absolute Gasteiger partial charge is 0.497 e. The predicted octanol–water partition coefficient (Wildman–Crippen LogP) is 4.40. The molecule has 0 bridgehead atoms. The summed E-state index contributed by atoms with van der Waals surface area (Å²) in [4.78, 5) is 21.7. The Balaban J connectivity index is 1.41. The Morgan fingerprint density at radius 2 is 1.89 bits per heavy atom. The van der Waals surface area contributed by atoms with E-state index in [9.17, 15) is 4.79 Å². The number of thioether (sulfide) groups is 1. The zero-order chi connectivity index (χ0) is 25.3. The summed E-state index contributed by atoms with van der Waals surface area (Å²) in [5.41, 5.74) is 3.35. The Morgan fingerprint density at radius 3 is 2.58 bits per heavy atom. The van der Waals surface area contributed by atoms with Gasteiger partial charge in [0, 0.05) is 38.9 Å². The maximum Gasteiger partial charge on any atom is 0.256 e. The summed E-state index contributed by atoms with van der Waals surface area (Å²) < 4.78 is 11.8. The van der Waals surface area contributed by atoms with Gasteiger partial charge >= 0.3 is 0 Å². The van der Waals surface area contributed by atoms with E-state index < -0.39 is 0 Å². The number of nitriles is 1. The van der Waals surface area contributed by atoms with E-state index in [0.717, 1.165) is 35.0 Å². The molecule has 7 nitrogen and oxygen atoms in total. The molecule has 3 aromatic rings. The first-order valence-electron chi connectivity index (χ1n) is 11.9. The molecule has 1 aromatic heterocycles. The van der Waals surface area contributed by atoms with E-state index >= 15 is 0 Å². The number of carbonyl (C=O) groups excluding carboxylic acids is 1. The van der Waals surface area contributed by atoms with Crippen LogP contribution in [0.1, 0.15) is 33.2 Å². The zero-order valence-electron chi connectivity index (χ0n) is 20.6. The number of piperazine rings is 1. The molecule has 186 valence electrons. The number of benzene rings is 2. The molecule has 1 aliphatic rings. The summed E-state index contributed by atoms with van der Waals surface area (Å²) in [7, 11) is 1.66. The van der Waals surface area contributed by atoms with E-state index in [2.05, 4.69) is 22.0 Å². The molecular weight excluding hydrogens is 472 g/mol. The standard InChI is InChI=1S/C28H30N4O3S/c1-34-24-6-3-5-23(17-24)26(35-20-22-10-8-21(18-29)9-11-22)19-31-13-15-32(16-14-31)28(33)25-7-4-12-30-27(25)36-2/h3-12,17,26H,13-16,19-20H2,1-2H3/t26-/m0/s1. The van der Waals surface area contributed by atoms with Crippen molar-refractivity contribution in [1.29, 1.82) is 5.26 Å². The Kier molecular flexibility index (Phi) is 8.95. The van der Waals surface area contributed by atoms with Crippen LogP contribution in [-0.4, -0.2) is 66.8 Å². The summed E-state index contributed by atoms with van der Waals surface area (Å²) in [6.07, 6.45) is 3.49. The van der Waals surface area contributed by atoms with Crippen LogP contribution in [0.4, 0.5) is 0 Å². The van der Waals surface area contributed by atoms with Crippen molar-refractivity contribution in [2.24, 2.45) is 0 Å². The van der Waals surface area contributed by atoms with E-state index in [4.69, 9.17) is 14.7 Å². The summed E-state index contributed by atoms with van der Waals surface area (Å²) in [5, 5.41) is 9.81. The molecule has 0 aliphatic carbocycles. The van der Waals surface area contributed by atoms with Gasteiger partial charge in [0.05, 0.1) is 37.0 Å². The van der Waals surface area contributed by atoms with Crippen molar-refractivity contribution in [1.82, 2.24) is 14.8 Å². The normalized spacial score (nSPS) is 14.8. The van der Waals surface area contributed by atoms with Crippen LogP contribution in [0.5, 0.6) is 5.75 Å². The molecule has 0 radical (unpaired) electrons. The van der Waals surface area contributed by atoms with Gasteiger partial charge in [0.15, 0.2) is 0 Å². The monoisotopic (exact) mass is 502 g/mol. The van der Waals surface area contributed by atoms with E-state index in [-0.39, 0.29) is 12.0 Å². The number of carbonyl (C=O) groups is 1. The molecule has 8 heteroatoms. The van der Waals surface area contributed by atoms with Crippen LogP contribution >= 0.6 is 11.8 Å². The molecule has 1 amide bonds. The molecule has 0 spiro atoms. The Hall–Kier alpha value is -3.38. The van der Waals surface area contributed by atoms with Gasteiger partial charge in [-0.05, 0) is 53.8 Å². The van der Waals surface area contributed by atoms with Gasteiger partial charge < -0.3 is 14.4 Å². The highest BCUT2D eigenvalue weighted by Gasteiger charge is 2.26. The van der Waals surface area contributed by atoms with Crippen molar-refractivity contribution in [3.63, 3.8) is 0 Å². The lowest BCUT2D eigenvalue weighted by atomic mass is 10.1. The molecule has 2 heterocycles. The van der Waals surface area contributed by atoms with Crippen LogP contribution < -0.4 is 4.74 Å². The van der Waals surface area contributed by atoms with E-state index in [1.165, 1.54) is 11.8 Å². The second-order valence-corrected chi connectivity index (χ2v) is 9.33. The number of ether oxygens (including phenoxy) is 2. The van der Waals surface area contributed by atoms with Gasteiger partial charge in [-0.15, -0.1) is 11.8 Å². The van der Waals surface area contributed by atoms with Gasteiger partial charge in [0.25, 0.3) is 5.91 Å². The van der Waals surface area contributed by atoms with Gasteiger partial charge in [-0.1, -0.05) is 24.3 Å². The number of amides is 1. The van der Waals surface area contributed by atoms with Crippen LogP contribution in [0.25, 0.3) is 0 Å². The number of pyridine rings is 1. The number of hydrogen-bond donors (Lipinski definition) is 0. The van der Waals surface area contributed by atoms with Crippen LogP contribution in [0, 0.1) is 11.3 Å². The van der Waals surface area contributed by atoms with E-state index in [0.29, 0.717) is 37.4 Å². The summed E-state index contributed by atoms with van der Waals surface area (Å²) in [5.74, 6) is 0.824. The van der Waals surface area contributed by atoms with Crippen molar-refractivity contribution >= 4 is 17.7 Å². The molecular formula is C28H30N4O3S. The zero-order valence-corrected chi connectivity index (χ0v) is 21.4. The van der Waals surface area contributed by atoms with E-state index in [1.54, 1.807) is 25.4 Å². The molecule has 0 saturated carbocycles. The minimum atomic E-state index is -0.167. The van der Waals surface area contributed by atoms with E-state index in [1.807, 2.05) is 53.6 Å². The lowest BCUT2D eigenvalue weighted by molar-refractivity contribution is 0.00329. The van der Waals surface area contributed by atoms with Crippen molar-refractivity contribution in [3.8, 4) is 11.8 Å². The fraction of sp³-hybridized carbons (Fsp3) is 0.321. The van der Waals surface area contributed by atoms with Gasteiger partial charge in [-0.25, -0.2) is 4.98 Å². The highest BCUT2D eigenvalue weighted by molar-refractivity contribution is 7.98. The minimum absolute atomic E-state index is 0.0357. The Morgan fingerprint density at radius 1 is 1.11 bits per heavy atom. The molecule has 1 fully saturated rings. The van der Waals surface area contributed by atoms with Gasteiger partial charge in [-0.3, -0.25) is 9.69 Å². The fourth-order valence-electron chi connectivity index (χ4n) is 4.22. The average Bonchev–Trinajstić information content (AvgIpc) is 2.95. The van der Waals surface area contributed by atoms with Crippen molar-refractivity contribution in [2.75, 3.05) is 46.1 Å². The molecule has 0 N–H and O–H groups in total. The molecule has 2 aromatic carbocycles. The number of hydrogen-bond acceptors (Lipinski definition) is 7. The smallest absolute Gasteiger partial charge is 0.256 e. The average molecular weight is 503 g/mol. The van der Waals surface area contributed by atoms with Crippen molar-refractivity contribution < 1.29 is 14.3 Å². The third-order valence-electron chi connectivity index (χ3n) is 6.28. The topological polar surface area (TPSA) is 78.7 Å². The molecule has 1 atom stereocenters. The van der Waals surface area contributed by atoms with Gasteiger partial charge in [-0.2, -0.15) is 5.26 Å². The second-order valence-electron chi connectivity index (χ2n) is 8.54. The number of methoxy groups -OCH3 is 1. The quantitative estimate of drug-likeness (QED) is 0.401. The van der Waals surface area contributed by atoms with Crippen LogP contribution in [0.3, 0.4) is 0 Å². The SMILES string of the molecule is COc1cccc([C@H](CN2CCN(C(=O)c3cccnc3SC)CC2)OCc2ccc(C#N)cc2)c1. The summed E-state index contributed by atoms with van der Waals surface area (Å²) >= 11 is 1.49. The lowest BCUT2D eigenvalue weighted by Crippen LogP contribution is -2.49. The third-order valence-corrected chi connectivity index (χ3v) is 6.99. The molecule has 0 unspecified atom stereocenters. The number of aromatic nitrogens is 1. The van der Waals surface area contributed by atoms with Gasteiger partial charge in [0.2, 0.25) is 0 Å². The van der Waals surface area contributed by atoms with Crippen molar-refractivity contribution in [2.45, 2.75) is 17.7 Å². The second kappa shape index (κ2) is 12.5. The molecule has 4 rings (SSSR count). The number of nitrogens with zero attached hydrogens (tertiary/aromatic N) is 4. The van der Waals surface area contributed by atoms with Crippen LogP contribution in [0.2, 0.25) is 0 Å². The fourth-order valence-corrected chi connectivity index (χ4v) is 4.76. The Bertz CT molecular complexity index is 1200. The first-order valence-corrected chi connectivity index (χ1v) is 13.1. The molecule has 1 aliphatic heterocycles. The predicted molar refractivity (Wildman–Crippen MR) is 140 cm³/mol.